The fourth-order valence-corrected chi connectivity index (χ4v) is 0.791. The van der Waals surface area contributed by atoms with Crippen molar-refractivity contribution in [1.82, 2.24) is 9.97 Å². The summed E-state index contributed by atoms with van der Waals surface area (Å²) in [4.78, 5) is 7.56. The minimum absolute atomic E-state index is 0.220. The normalized spacial score (nSPS) is 9.64. The molecule has 1 rings (SSSR count). The summed E-state index contributed by atoms with van der Waals surface area (Å²) in [5.74, 6) is 0.313. The van der Waals surface area contributed by atoms with Crippen LogP contribution in [0.25, 0.3) is 0 Å². The van der Waals surface area contributed by atoms with Crippen LogP contribution in [0.2, 0.25) is 5.15 Å². The van der Waals surface area contributed by atoms with Crippen molar-refractivity contribution >= 4 is 17.4 Å². The molecule has 60 valence electrons. The van der Waals surface area contributed by atoms with Crippen molar-refractivity contribution in [3.05, 3.63) is 11.2 Å². The number of hydrogen-bond donors (Lipinski definition) is 1. The molecule has 0 radical (unpaired) electrons. The average Bonchev–Trinajstić information content (AvgIpc) is 1.85. The van der Waals surface area contributed by atoms with Crippen LogP contribution in [0.3, 0.4) is 0 Å². The van der Waals surface area contributed by atoms with Gasteiger partial charge in [0.2, 0.25) is 0 Å². The third-order valence-electron chi connectivity index (χ3n) is 0.968. The second kappa shape index (κ2) is 3.39. The van der Waals surface area contributed by atoms with Gasteiger partial charge in [0, 0.05) is 6.07 Å². The predicted octanol–water partition coefficient (Wildman–Crippen LogP) is 1.11. The molecule has 1 aromatic rings. The second-order valence-electron chi connectivity index (χ2n) is 1.83. The fourth-order valence-electron chi connectivity index (χ4n) is 0.607. The molecule has 0 aliphatic carbocycles. The number of nitrogens with two attached hydrogens (primary N) is 1. The van der Waals surface area contributed by atoms with Gasteiger partial charge in [0.1, 0.15) is 11.0 Å². The standard InChI is InChI=1S/C6H8ClN3O/c1-2-11-6-9-4(7)3-5(8)10-6/h3H,2H2,1H3,(H2,8,9,10). The van der Waals surface area contributed by atoms with Gasteiger partial charge < -0.3 is 10.5 Å². The molecular formula is C6H8ClN3O. The molecule has 0 aliphatic heterocycles. The van der Waals surface area contributed by atoms with Crippen molar-refractivity contribution in [2.45, 2.75) is 6.92 Å². The number of hydrogen-bond acceptors (Lipinski definition) is 4. The maximum absolute atomic E-state index is 5.57. The van der Waals surface area contributed by atoms with E-state index in [9.17, 15) is 0 Å². The van der Waals surface area contributed by atoms with Crippen molar-refractivity contribution in [1.29, 1.82) is 0 Å². The molecule has 0 atom stereocenters. The molecule has 0 spiro atoms. The fraction of sp³-hybridized carbons (Fsp3) is 0.333. The minimum atomic E-state index is 0.220. The van der Waals surface area contributed by atoms with Gasteiger partial charge in [0.25, 0.3) is 0 Å². The van der Waals surface area contributed by atoms with Crippen molar-refractivity contribution in [3.8, 4) is 6.01 Å². The van der Waals surface area contributed by atoms with Crippen molar-refractivity contribution in [2.24, 2.45) is 0 Å². The lowest BCUT2D eigenvalue weighted by Gasteiger charge is -2.00. The van der Waals surface area contributed by atoms with E-state index in [1.165, 1.54) is 6.07 Å². The van der Waals surface area contributed by atoms with E-state index in [1.54, 1.807) is 0 Å². The van der Waals surface area contributed by atoms with Gasteiger partial charge in [-0.3, -0.25) is 0 Å². The number of aromatic nitrogens is 2. The number of ether oxygens (including phenoxy) is 1. The van der Waals surface area contributed by atoms with Gasteiger partial charge in [-0.05, 0) is 6.92 Å². The maximum atomic E-state index is 5.57. The third kappa shape index (κ3) is 2.23. The Labute approximate surface area is 69.4 Å². The van der Waals surface area contributed by atoms with E-state index in [2.05, 4.69) is 9.97 Å². The highest BCUT2D eigenvalue weighted by Gasteiger charge is 1.99. The molecule has 0 amide bonds. The molecular weight excluding hydrogens is 166 g/mol. The zero-order valence-electron chi connectivity index (χ0n) is 6.04. The molecule has 11 heavy (non-hydrogen) atoms. The van der Waals surface area contributed by atoms with Crippen LogP contribution in [-0.2, 0) is 0 Å². The number of nitrogen functional groups attached to an aromatic ring is 1. The van der Waals surface area contributed by atoms with Crippen LogP contribution in [0, 0.1) is 0 Å². The first-order chi connectivity index (χ1) is 5.22. The summed E-state index contributed by atoms with van der Waals surface area (Å²) < 4.78 is 4.98. The molecule has 1 heterocycles. The monoisotopic (exact) mass is 173 g/mol. The molecule has 5 heteroatoms. The number of rotatable bonds is 2. The largest absolute Gasteiger partial charge is 0.464 e. The Bertz CT molecular complexity index is 233. The van der Waals surface area contributed by atoms with Crippen LogP contribution in [0.5, 0.6) is 6.01 Å². The molecule has 0 fully saturated rings. The quantitative estimate of drug-likeness (QED) is 0.681. The lowest BCUT2D eigenvalue weighted by atomic mass is 10.6. The van der Waals surface area contributed by atoms with Crippen molar-refractivity contribution < 1.29 is 4.74 Å². The van der Waals surface area contributed by atoms with Crippen molar-refractivity contribution in [3.63, 3.8) is 0 Å². The number of anilines is 1. The summed E-state index contributed by atoms with van der Waals surface area (Å²) in [6.45, 7) is 2.33. The maximum Gasteiger partial charge on any atom is 0.319 e. The molecule has 0 aliphatic rings. The summed E-state index contributed by atoms with van der Waals surface area (Å²) in [6.07, 6.45) is 0. The van der Waals surface area contributed by atoms with E-state index in [4.69, 9.17) is 22.1 Å². The third-order valence-corrected chi connectivity index (χ3v) is 1.16. The highest BCUT2D eigenvalue weighted by Crippen LogP contribution is 2.12. The van der Waals surface area contributed by atoms with Crippen LogP contribution in [0.1, 0.15) is 6.92 Å². The highest BCUT2D eigenvalue weighted by molar-refractivity contribution is 6.29. The van der Waals surface area contributed by atoms with E-state index < -0.39 is 0 Å². The van der Waals surface area contributed by atoms with Gasteiger partial charge in [0.15, 0.2) is 0 Å². The minimum Gasteiger partial charge on any atom is -0.464 e. The highest BCUT2D eigenvalue weighted by atomic mass is 35.5. The number of halogens is 1. The summed E-state index contributed by atoms with van der Waals surface area (Å²) in [5.41, 5.74) is 5.37. The van der Waals surface area contributed by atoms with Gasteiger partial charge >= 0.3 is 6.01 Å². The van der Waals surface area contributed by atoms with E-state index in [-0.39, 0.29) is 6.01 Å². The summed E-state index contributed by atoms with van der Waals surface area (Å²) >= 11 is 5.57. The zero-order valence-corrected chi connectivity index (χ0v) is 6.80. The van der Waals surface area contributed by atoms with Gasteiger partial charge in [-0.2, -0.15) is 9.97 Å². The van der Waals surface area contributed by atoms with Crippen LogP contribution in [0.4, 0.5) is 5.82 Å². The molecule has 0 unspecified atom stereocenters. The first-order valence-electron chi connectivity index (χ1n) is 3.15. The summed E-state index contributed by atoms with van der Waals surface area (Å²) in [5, 5.41) is 0.293. The topological polar surface area (TPSA) is 61.0 Å². The van der Waals surface area contributed by atoms with E-state index in [1.807, 2.05) is 6.92 Å². The molecule has 2 N–H and O–H groups in total. The first kappa shape index (κ1) is 8.07. The summed E-state index contributed by atoms with van der Waals surface area (Å²) in [7, 11) is 0. The lowest BCUT2D eigenvalue weighted by molar-refractivity contribution is 0.313. The SMILES string of the molecule is CCOc1nc(N)cc(Cl)n1. The van der Waals surface area contributed by atoms with Crippen LogP contribution < -0.4 is 10.5 Å². The van der Waals surface area contributed by atoms with Gasteiger partial charge in [-0.1, -0.05) is 11.6 Å². The van der Waals surface area contributed by atoms with Crippen molar-refractivity contribution in [2.75, 3.05) is 12.3 Å². The summed E-state index contributed by atoms with van der Waals surface area (Å²) in [6, 6.07) is 1.68. The Kier molecular flexibility index (Phi) is 2.48. The van der Waals surface area contributed by atoms with Crippen LogP contribution >= 0.6 is 11.6 Å². The average molecular weight is 174 g/mol. The number of nitrogens with zero attached hydrogens (tertiary/aromatic N) is 2. The van der Waals surface area contributed by atoms with E-state index in [0.717, 1.165) is 0 Å². The van der Waals surface area contributed by atoms with Gasteiger partial charge in [0.05, 0.1) is 6.61 Å². The van der Waals surface area contributed by atoms with E-state index >= 15 is 0 Å². The smallest absolute Gasteiger partial charge is 0.319 e. The Balaban J connectivity index is 2.89. The Morgan fingerprint density at radius 2 is 2.36 bits per heavy atom. The van der Waals surface area contributed by atoms with E-state index in [0.29, 0.717) is 17.6 Å². The first-order valence-corrected chi connectivity index (χ1v) is 3.53. The second-order valence-corrected chi connectivity index (χ2v) is 2.22. The predicted molar refractivity (Wildman–Crippen MR) is 42.6 cm³/mol. The Hall–Kier alpha value is -1.03. The van der Waals surface area contributed by atoms with Gasteiger partial charge in [-0.15, -0.1) is 0 Å². The van der Waals surface area contributed by atoms with Crippen LogP contribution in [0.15, 0.2) is 6.07 Å². The zero-order chi connectivity index (χ0) is 8.27. The molecule has 4 nitrogen and oxygen atoms in total. The Morgan fingerprint density at radius 1 is 1.64 bits per heavy atom. The molecule has 0 saturated heterocycles. The van der Waals surface area contributed by atoms with Crippen LogP contribution in [-0.4, -0.2) is 16.6 Å². The molecule has 0 saturated carbocycles. The lowest BCUT2D eigenvalue weighted by Crippen LogP contribution is -2.00. The Morgan fingerprint density at radius 3 is 2.91 bits per heavy atom. The van der Waals surface area contributed by atoms with Gasteiger partial charge in [-0.25, -0.2) is 0 Å². The molecule has 0 bridgehead atoms. The molecule has 1 aromatic heterocycles. The molecule has 0 aromatic carbocycles.